The predicted octanol–water partition coefficient (Wildman–Crippen LogP) is 5.87. The Kier molecular flexibility index (Phi) is 7.87. The van der Waals surface area contributed by atoms with Gasteiger partial charge >= 0.3 is 5.97 Å². The summed E-state index contributed by atoms with van der Waals surface area (Å²) in [5.74, 6) is -0.894. The number of benzene rings is 2. The highest BCUT2D eigenvalue weighted by molar-refractivity contribution is 8.18. The van der Waals surface area contributed by atoms with Gasteiger partial charge in [-0.15, -0.1) is 0 Å². The lowest BCUT2D eigenvalue weighted by Gasteiger charge is -2.13. The molecule has 0 N–H and O–H groups in total. The van der Waals surface area contributed by atoms with Gasteiger partial charge in [-0.05, 0) is 61.9 Å². The molecule has 0 atom stereocenters. The van der Waals surface area contributed by atoms with Gasteiger partial charge in [0.15, 0.2) is 5.75 Å². The number of carbonyl (C=O) groups excluding carboxylic acids is 3. The molecule has 2 amide bonds. The first-order chi connectivity index (χ1) is 15.1. The lowest BCUT2D eigenvalue weighted by molar-refractivity contribution is -0.149. The first-order valence-corrected chi connectivity index (χ1v) is 11.3. The summed E-state index contributed by atoms with van der Waals surface area (Å²) in [6.07, 6.45) is 1.16. The van der Waals surface area contributed by atoms with Crippen LogP contribution in [-0.4, -0.2) is 34.7 Å². The van der Waals surface area contributed by atoms with Crippen molar-refractivity contribution >= 4 is 58.2 Å². The Balaban J connectivity index is 1.73. The second-order valence-electron chi connectivity index (χ2n) is 7.40. The molecule has 168 valence electrons. The van der Waals surface area contributed by atoms with Gasteiger partial charge in [-0.2, -0.15) is 0 Å². The number of thioether (sulfide) groups is 1. The number of aryl methyl sites for hydroxylation is 1. The van der Waals surface area contributed by atoms with Gasteiger partial charge in [0.05, 0.1) is 21.1 Å². The van der Waals surface area contributed by atoms with Crippen LogP contribution in [0.2, 0.25) is 10.0 Å². The Morgan fingerprint density at radius 3 is 2.47 bits per heavy atom. The number of ether oxygens (including phenoxy) is 2. The summed E-state index contributed by atoms with van der Waals surface area (Å²) >= 11 is 13.5. The molecule has 32 heavy (non-hydrogen) atoms. The number of amides is 2. The second-order valence-corrected chi connectivity index (χ2v) is 9.21. The van der Waals surface area contributed by atoms with Crippen molar-refractivity contribution in [3.05, 3.63) is 68.0 Å². The molecule has 9 heteroatoms. The van der Waals surface area contributed by atoms with Crippen LogP contribution in [0.5, 0.6) is 5.75 Å². The first-order valence-electron chi connectivity index (χ1n) is 9.76. The van der Waals surface area contributed by atoms with Gasteiger partial charge in [0.2, 0.25) is 0 Å². The average molecular weight is 494 g/mol. The molecule has 2 aromatic rings. The third-order valence-electron chi connectivity index (χ3n) is 4.31. The molecule has 0 radical (unpaired) electrons. The zero-order valence-corrected chi connectivity index (χ0v) is 20.0. The second kappa shape index (κ2) is 10.4. The van der Waals surface area contributed by atoms with Crippen LogP contribution in [-0.2, 0) is 20.9 Å². The minimum absolute atomic E-state index is 0.160. The maximum atomic E-state index is 12.6. The molecule has 1 aliphatic rings. The van der Waals surface area contributed by atoms with Crippen LogP contribution in [0.25, 0.3) is 6.08 Å². The molecule has 1 fully saturated rings. The number of esters is 1. The maximum absolute atomic E-state index is 12.6. The monoisotopic (exact) mass is 493 g/mol. The molecule has 1 heterocycles. The zero-order chi connectivity index (χ0) is 23.4. The average Bonchev–Trinajstić information content (AvgIpc) is 2.94. The predicted molar refractivity (Wildman–Crippen MR) is 126 cm³/mol. The van der Waals surface area contributed by atoms with Crippen molar-refractivity contribution in [1.29, 1.82) is 0 Å². The Morgan fingerprint density at radius 1 is 1.16 bits per heavy atom. The molecule has 0 saturated carbocycles. The Bertz CT molecular complexity index is 1080. The van der Waals surface area contributed by atoms with Gasteiger partial charge in [-0.1, -0.05) is 53.0 Å². The van der Waals surface area contributed by atoms with E-state index in [0.717, 1.165) is 27.8 Å². The molecule has 0 aliphatic carbocycles. The van der Waals surface area contributed by atoms with Crippen molar-refractivity contribution in [3.8, 4) is 5.75 Å². The molecule has 3 rings (SSSR count). The van der Waals surface area contributed by atoms with E-state index < -0.39 is 23.7 Å². The molecule has 6 nitrogen and oxygen atoms in total. The molecular weight excluding hydrogens is 473 g/mol. The summed E-state index contributed by atoms with van der Waals surface area (Å²) in [7, 11) is 0. The number of carbonyl (C=O) groups is 3. The van der Waals surface area contributed by atoms with Crippen molar-refractivity contribution in [1.82, 2.24) is 4.90 Å². The van der Waals surface area contributed by atoms with E-state index in [4.69, 9.17) is 32.7 Å². The van der Waals surface area contributed by atoms with Crippen molar-refractivity contribution in [2.24, 2.45) is 0 Å². The van der Waals surface area contributed by atoms with Crippen molar-refractivity contribution in [3.63, 3.8) is 0 Å². The van der Waals surface area contributed by atoms with Crippen LogP contribution < -0.4 is 4.74 Å². The number of halogens is 2. The summed E-state index contributed by atoms with van der Waals surface area (Å²) < 4.78 is 10.8. The summed E-state index contributed by atoms with van der Waals surface area (Å²) in [6.45, 7) is 5.23. The molecule has 0 bridgehead atoms. The Labute approximate surface area is 200 Å². The van der Waals surface area contributed by atoms with E-state index >= 15 is 0 Å². The van der Waals surface area contributed by atoms with Crippen LogP contribution in [0, 0.1) is 6.92 Å². The van der Waals surface area contributed by atoms with Gasteiger partial charge in [0.1, 0.15) is 13.2 Å². The van der Waals surface area contributed by atoms with Crippen molar-refractivity contribution < 1.29 is 23.9 Å². The molecule has 0 aromatic heterocycles. The normalized spacial score (nSPS) is 15.1. The third kappa shape index (κ3) is 6.06. The van der Waals surface area contributed by atoms with Gasteiger partial charge in [-0.3, -0.25) is 19.3 Å². The number of nitrogens with zero attached hydrogens (tertiary/aromatic N) is 1. The van der Waals surface area contributed by atoms with E-state index in [-0.39, 0.29) is 21.1 Å². The van der Waals surface area contributed by atoms with E-state index in [2.05, 4.69) is 0 Å². The van der Waals surface area contributed by atoms with Crippen LogP contribution in [0.3, 0.4) is 0 Å². The molecule has 1 aliphatic heterocycles. The SMILES string of the molecule is Cc1cccc(COc2c(Cl)cc(/C=C3/SC(=O)N(CC(=O)OC(C)C)C3=O)cc2Cl)c1. The van der Waals surface area contributed by atoms with Gasteiger partial charge < -0.3 is 9.47 Å². The number of rotatable bonds is 7. The Hall–Kier alpha value is -2.48. The Morgan fingerprint density at radius 2 is 1.84 bits per heavy atom. The minimum Gasteiger partial charge on any atom is -0.486 e. The third-order valence-corrected chi connectivity index (χ3v) is 5.78. The zero-order valence-electron chi connectivity index (χ0n) is 17.7. The highest BCUT2D eigenvalue weighted by Crippen LogP contribution is 2.37. The van der Waals surface area contributed by atoms with E-state index in [0.29, 0.717) is 17.9 Å². The summed E-state index contributed by atoms with van der Waals surface area (Å²) in [6, 6.07) is 11.1. The summed E-state index contributed by atoms with van der Waals surface area (Å²) in [5.41, 5.74) is 2.62. The molecule has 1 saturated heterocycles. The number of hydrogen-bond acceptors (Lipinski definition) is 6. The van der Waals surface area contributed by atoms with Crippen LogP contribution >= 0.6 is 35.0 Å². The van der Waals surface area contributed by atoms with Crippen LogP contribution in [0.1, 0.15) is 30.5 Å². The largest absolute Gasteiger partial charge is 0.486 e. The van der Waals surface area contributed by atoms with Gasteiger partial charge in [-0.25, -0.2) is 0 Å². The van der Waals surface area contributed by atoms with E-state index in [9.17, 15) is 14.4 Å². The molecule has 0 unspecified atom stereocenters. The van der Waals surface area contributed by atoms with Gasteiger partial charge in [0, 0.05) is 0 Å². The quantitative estimate of drug-likeness (QED) is 0.354. The molecule has 0 spiro atoms. The van der Waals surface area contributed by atoms with Crippen LogP contribution in [0.4, 0.5) is 4.79 Å². The van der Waals surface area contributed by atoms with E-state index in [1.165, 1.54) is 6.08 Å². The van der Waals surface area contributed by atoms with E-state index in [1.807, 2.05) is 31.2 Å². The number of hydrogen-bond donors (Lipinski definition) is 0. The maximum Gasteiger partial charge on any atom is 0.326 e. The summed E-state index contributed by atoms with van der Waals surface area (Å²) in [4.78, 5) is 37.6. The lowest BCUT2D eigenvalue weighted by Crippen LogP contribution is -2.35. The molecular formula is C23H21Cl2NO5S. The van der Waals surface area contributed by atoms with Crippen molar-refractivity contribution in [2.75, 3.05) is 6.54 Å². The highest BCUT2D eigenvalue weighted by Gasteiger charge is 2.36. The topological polar surface area (TPSA) is 72.9 Å². The fraction of sp³-hybridized carbons (Fsp3) is 0.261. The fourth-order valence-electron chi connectivity index (χ4n) is 2.98. The lowest BCUT2D eigenvalue weighted by atomic mass is 10.1. The highest BCUT2D eigenvalue weighted by atomic mass is 35.5. The van der Waals surface area contributed by atoms with Gasteiger partial charge in [0.25, 0.3) is 11.1 Å². The smallest absolute Gasteiger partial charge is 0.326 e. The van der Waals surface area contributed by atoms with E-state index in [1.54, 1.807) is 26.0 Å². The molecule has 2 aromatic carbocycles. The van der Waals surface area contributed by atoms with Crippen LogP contribution in [0.15, 0.2) is 41.3 Å². The first kappa shape index (κ1) is 24.2. The minimum atomic E-state index is -0.648. The fourth-order valence-corrected chi connectivity index (χ4v) is 4.43. The standard InChI is InChI=1S/C23H21Cl2NO5S/c1-13(2)31-20(27)11-26-22(28)19(32-23(26)29)10-16-8-17(24)21(18(25)9-16)30-12-15-6-4-5-14(3)7-15/h4-10,13H,11-12H2,1-3H3/b19-10+. The van der Waals surface area contributed by atoms with Crippen molar-refractivity contribution in [2.45, 2.75) is 33.5 Å². The number of imide groups is 1. The summed E-state index contributed by atoms with van der Waals surface area (Å²) in [5, 5.41) is 0.00421.